The summed E-state index contributed by atoms with van der Waals surface area (Å²) in [5.74, 6) is -0.274. The molecule has 1 unspecified atom stereocenters. The van der Waals surface area contributed by atoms with E-state index in [0.29, 0.717) is 6.42 Å². The number of hydrogen-bond donors (Lipinski definition) is 1. The third-order valence-corrected chi connectivity index (χ3v) is 4.42. The van der Waals surface area contributed by atoms with Crippen molar-refractivity contribution in [2.24, 2.45) is 11.1 Å². The Hall–Kier alpha value is 1.39. The summed E-state index contributed by atoms with van der Waals surface area (Å²) in [6.07, 6.45) is 1.15. The number of primary amides is 1. The van der Waals surface area contributed by atoms with E-state index < -0.39 is 0 Å². The van der Waals surface area contributed by atoms with Crippen LogP contribution in [0.15, 0.2) is 0 Å². The second-order valence-electron chi connectivity index (χ2n) is 3.92. The van der Waals surface area contributed by atoms with E-state index in [1.807, 2.05) is 13.8 Å². The average Bonchev–Trinajstić information content (AvgIpc) is 1.79. The molecule has 0 saturated carbocycles. The van der Waals surface area contributed by atoms with E-state index in [2.05, 4.69) is 63.7 Å². The summed E-state index contributed by atoms with van der Waals surface area (Å²) < 4.78 is -0.296. The molecule has 1 atom stereocenters. The van der Waals surface area contributed by atoms with Gasteiger partial charge < -0.3 is 5.73 Å². The Kier molecular flexibility index (Phi) is 6.20. The van der Waals surface area contributed by atoms with Crippen LogP contribution in [0.4, 0.5) is 0 Å². The van der Waals surface area contributed by atoms with Crippen molar-refractivity contribution in [1.82, 2.24) is 0 Å². The van der Waals surface area contributed by atoms with Gasteiger partial charge in [-0.2, -0.15) is 0 Å². The number of hydrogen-bond acceptors (Lipinski definition) is 1. The van der Waals surface area contributed by atoms with Gasteiger partial charge in [-0.1, -0.05) is 77.6 Å². The SMILES string of the molecule is CC(C)(CC(N)=O)C(Br)CC(Br)(Br)Br. The molecule has 0 aromatic carbocycles. The summed E-state index contributed by atoms with van der Waals surface area (Å²) >= 11 is 13.8. The second kappa shape index (κ2) is 5.64. The Balaban J connectivity index is 4.35. The Morgan fingerprint density at radius 1 is 1.36 bits per heavy atom. The van der Waals surface area contributed by atoms with Crippen LogP contribution in [-0.2, 0) is 4.79 Å². The minimum absolute atomic E-state index is 0.160. The lowest BCUT2D eigenvalue weighted by molar-refractivity contribution is -0.119. The zero-order chi connectivity index (χ0) is 11.6. The monoisotopic (exact) mass is 455 g/mol. The van der Waals surface area contributed by atoms with Gasteiger partial charge in [0.25, 0.3) is 0 Å². The molecule has 0 bridgehead atoms. The lowest BCUT2D eigenvalue weighted by Gasteiger charge is -2.31. The minimum atomic E-state index is -0.296. The highest BCUT2D eigenvalue weighted by Gasteiger charge is 2.34. The molecule has 6 heteroatoms. The first kappa shape index (κ1) is 15.4. The smallest absolute Gasteiger partial charge is 0.217 e. The number of nitrogens with two attached hydrogens (primary N) is 1. The topological polar surface area (TPSA) is 43.1 Å². The molecular formula is C8H13Br4NO. The molecule has 0 aliphatic rings. The van der Waals surface area contributed by atoms with E-state index in [1.165, 1.54) is 0 Å². The van der Waals surface area contributed by atoms with Crippen LogP contribution in [0.25, 0.3) is 0 Å². The number of alkyl halides is 4. The summed E-state index contributed by atoms with van der Waals surface area (Å²) in [6.45, 7) is 4.02. The molecule has 14 heavy (non-hydrogen) atoms. The highest BCUT2D eigenvalue weighted by atomic mass is 80.0. The predicted molar refractivity (Wildman–Crippen MR) is 74.4 cm³/mol. The van der Waals surface area contributed by atoms with Crippen molar-refractivity contribution in [3.63, 3.8) is 0 Å². The Morgan fingerprint density at radius 2 is 1.79 bits per heavy atom. The Morgan fingerprint density at radius 3 is 2.07 bits per heavy atom. The maximum absolute atomic E-state index is 10.9. The van der Waals surface area contributed by atoms with Crippen molar-refractivity contribution < 1.29 is 4.79 Å². The first-order valence-corrected chi connectivity index (χ1v) is 7.33. The van der Waals surface area contributed by atoms with Gasteiger partial charge in [-0.25, -0.2) is 0 Å². The molecule has 0 aromatic rings. The van der Waals surface area contributed by atoms with Gasteiger partial charge in [-0.3, -0.25) is 4.79 Å². The van der Waals surface area contributed by atoms with Crippen molar-refractivity contribution in [3.8, 4) is 0 Å². The Bertz CT molecular complexity index is 212. The maximum atomic E-state index is 10.9. The van der Waals surface area contributed by atoms with E-state index in [-0.39, 0.29) is 18.3 Å². The predicted octanol–water partition coefficient (Wildman–Crippen LogP) is 3.88. The molecule has 0 aromatic heterocycles. The largest absolute Gasteiger partial charge is 0.370 e. The fourth-order valence-corrected chi connectivity index (χ4v) is 3.96. The molecule has 0 rings (SSSR count). The molecular weight excluding hydrogens is 446 g/mol. The molecule has 0 spiro atoms. The summed E-state index contributed by atoms with van der Waals surface area (Å²) in [4.78, 5) is 11.0. The zero-order valence-corrected chi connectivity index (χ0v) is 14.3. The van der Waals surface area contributed by atoms with Crippen molar-refractivity contribution in [3.05, 3.63) is 0 Å². The molecule has 0 fully saturated rings. The van der Waals surface area contributed by atoms with E-state index in [9.17, 15) is 4.79 Å². The van der Waals surface area contributed by atoms with Crippen molar-refractivity contribution >= 4 is 69.6 Å². The quantitative estimate of drug-likeness (QED) is 0.638. The fourth-order valence-electron chi connectivity index (χ4n) is 1.04. The first-order valence-electron chi connectivity index (χ1n) is 4.04. The van der Waals surface area contributed by atoms with E-state index in [0.717, 1.165) is 6.42 Å². The summed E-state index contributed by atoms with van der Waals surface area (Å²) in [6, 6.07) is 0. The molecule has 1 amide bonds. The number of halogens is 4. The number of amides is 1. The van der Waals surface area contributed by atoms with Gasteiger partial charge in [0.15, 0.2) is 0 Å². The van der Waals surface area contributed by atoms with Gasteiger partial charge in [-0.15, -0.1) is 0 Å². The molecule has 0 radical (unpaired) electrons. The highest BCUT2D eigenvalue weighted by Crippen LogP contribution is 2.44. The number of rotatable bonds is 4. The molecule has 84 valence electrons. The second-order valence-corrected chi connectivity index (χ2v) is 12.3. The van der Waals surface area contributed by atoms with Gasteiger partial charge in [0.05, 0.1) is 0 Å². The van der Waals surface area contributed by atoms with Gasteiger partial charge >= 0.3 is 0 Å². The van der Waals surface area contributed by atoms with Crippen LogP contribution in [0.2, 0.25) is 0 Å². The van der Waals surface area contributed by atoms with Crippen molar-refractivity contribution in [2.45, 2.75) is 33.7 Å². The molecule has 0 heterocycles. The van der Waals surface area contributed by atoms with E-state index in [1.54, 1.807) is 0 Å². The number of carbonyl (C=O) groups is 1. The number of carbonyl (C=O) groups excluding carboxylic acids is 1. The van der Waals surface area contributed by atoms with Gasteiger partial charge in [0.1, 0.15) is 2.14 Å². The lowest BCUT2D eigenvalue weighted by Crippen LogP contribution is -2.32. The fraction of sp³-hybridized carbons (Fsp3) is 0.875. The van der Waals surface area contributed by atoms with Gasteiger partial charge in [-0.05, 0) is 11.8 Å². The summed E-state index contributed by atoms with van der Waals surface area (Å²) in [7, 11) is 0. The van der Waals surface area contributed by atoms with Crippen LogP contribution in [0.1, 0.15) is 26.7 Å². The van der Waals surface area contributed by atoms with Crippen LogP contribution in [-0.4, -0.2) is 12.9 Å². The first-order chi connectivity index (χ1) is 6.04. The molecule has 0 aliphatic heterocycles. The van der Waals surface area contributed by atoms with Gasteiger partial charge in [0.2, 0.25) is 5.91 Å². The summed E-state index contributed by atoms with van der Waals surface area (Å²) in [5.41, 5.74) is 5.02. The van der Waals surface area contributed by atoms with Crippen LogP contribution in [0, 0.1) is 5.41 Å². The van der Waals surface area contributed by atoms with E-state index in [4.69, 9.17) is 5.73 Å². The molecule has 2 N–H and O–H groups in total. The normalized spacial score (nSPS) is 15.3. The van der Waals surface area contributed by atoms with Crippen LogP contribution >= 0.6 is 63.7 Å². The lowest BCUT2D eigenvalue weighted by atomic mass is 9.84. The maximum Gasteiger partial charge on any atom is 0.217 e. The van der Waals surface area contributed by atoms with Crippen LogP contribution in [0.5, 0.6) is 0 Å². The van der Waals surface area contributed by atoms with Crippen LogP contribution in [0.3, 0.4) is 0 Å². The Labute approximate surface area is 118 Å². The summed E-state index contributed by atoms with van der Waals surface area (Å²) in [5, 5.41) is 0. The molecule has 2 nitrogen and oxygen atoms in total. The molecule has 0 saturated heterocycles. The van der Waals surface area contributed by atoms with E-state index >= 15 is 0 Å². The third kappa shape index (κ3) is 6.80. The van der Waals surface area contributed by atoms with Gasteiger partial charge in [0, 0.05) is 11.2 Å². The third-order valence-electron chi connectivity index (χ3n) is 1.89. The standard InChI is InChI=1S/C8H13Br4NO/c1-7(2,4-6(13)14)5(9)3-8(10,11)12/h5H,3-4H2,1-2H3,(H2,13,14). The van der Waals surface area contributed by atoms with Crippen molar-refractivity contribution in [2.75, 3.05) is 0 Å². The molecule has 0 aliphatic carbocycles. The highest BCUT2D eigenvalue weighted by molar-refractivity contribution is 9.39. The van der Waals surface area contributed by atoms with Crippen LogP contribution < -0.4 is 5.73 Å². The average molecular weight is 459 g/mol. The van der Waals surface area contributed by atoms with Crippen molar-refractivity contribution in [1.29, 1.82) is 0 Å². The minimum Gasteiger partial charge on any atom is -0.370 e. The zero-order valence-electron chi connectivity index (χ0n) is 7.99.